The van der Waals surface area contributed by atoms with E-state index in [1.165, 1.54) is 4.68 Å². The number of hydrogen-bond donors (Lipinski definition) is 0. The zero-order chi connectivity index (χ0) is 14.1. The molecule has 3 heterocycles. The van der Waals surface area contributed by atoms with E-state index in [1.807, 2.05) is 18.7 Å². The van der Waals surface area contributed by atoms with Gasteiger partial charge in [0.2, 0.25) is 0 Å². The van der Waals surface area contributed by atoms with Gasteiger partial charge >= 0.3 is 0 Å². The molecule has 0 spiro atoms. The lowest BCUT2D eigenvalue weighted by atomic mass is 10.0. The first kappa shape index (κ1) is 13.4. The van der Waals surface area contributed by atoms with Gasteiger partial charge in [-0.3, -0.25) is 4.79 Å². The van der Waals surface area contributed by atoms with E-state index in [0.29, 0.717) is 10.5 Å². The van der Waals surface area contributed by atoms with Crippen LogP contribution in [-0.2, 0) is 7.05 Å². The molecule has 0 atom stereocenters. The standard InChI is InChI=1S/C13H16BrN5O/c1-17-13(20)12(14)11(8-16-17)18-5-2-10(3-6-18)19-7-4-15-9-19/h4,7-10H,2-3,5-6H2,1H3. The van der Waals surface area contributed by atoms with E-state index in [9.17, 15) is 4.79 Å². The zero-order valence-corrected chi connectivity index (χ0v) is 12.8. The Bertz CT molecular complexity index is 643. The number of piperidine rings is 1. The van der Waals surface area contributed by atoms with Crippen molar-refractivity contribution in [3.8, 4) is 0 Å². The molecule has 0 aliphatic carbocycles. The fourth-order valence-electron chi connectivity index (χ4n) is 2.61. The summed E-state index contributed by atoms with van der Waals surface area (Å²) in [4.78, 5) is 18.2. The minimum absolute atomic E-state index is 0.0979. The van der Waals surface area contributed by atoms with Crippen molar-refractivity contribution < 1.29 is 0 Å². The Kier molecular flexibility index (Phi) is 3.60. The maximum atomic E-state index is 11.9. The molecule has 7 heteroatoms. The van der Waals surface area contributed by atoms with E-state index >= 15 is 0 Å². The lowest BCUT2D eigenvalue weighted by molar-refractivity contribution is 0.395. The molecule has 2 aromatic rings. The molecule has 106 valence electrons. The molecule has 1 aliphatic heterocycles. The quantitative estimate of drug-likeness (QED) is 0.834. The normalized spacial score (nSPS) is 16.6. The van der Waals surface area contributed by atoms with Gasteiger partial charge in [0, 0.05) is 38.6 Å². The van der Waals surface area contributed by atoms with Gasteiger partial charge in [-0.15, -0.1) is 0 Å². The van der Waals surface area contributed by atoms with Gasteiger partial charge in [0.25, 0.3) is 5.56 Å². The highest BCUT2D eigenvalue weighted by atomic mass is 79.9. The number of nitrogens with zero attached hydrogens (tertiary/aromatic N) is 5. The number of aryl methyl sites for hydroxylation is 1. The van der Waals surface area contributed by atoms with Gasteiger partial charge in [0.05, 0.1) is 18.2 Å². The Morgan fingerprint density at radius 2 is 2.10 bits per heavy atom. The first-order valence-electron chi connectivity index (χ1n) is 6.61. The lowest BCUT2D eigenvalue weighted by Gasteiger charge is -2.34. The molecular formula is C13H16BrN5O. The fourth-order valence-corrected chi connectivity index (χ4v) is 3.22. The summed E-state index contributed by atoms with van der Waals surface area (Å²) < 4.78 is 4.09. The van der Waals surface area contributed by atoms with Crippen LogP contribution in [0.5, 0.6) is 0 Å². The summed E-state index contributed by atoms with van der Waals surface area (Å²) in [6.07, 6.45) is 9.53. The van der Waals surface area contributed by atoms with E-state index in [0.717, 1.165) is 31.6 Å². The first-order chi connectivity index (χ1) is 9.66. The van der Waals surface area contributed by atoms with Crippen molar-refractivity contribution in [2.75, 3.05) is 18.0 Å². The molecule has 0 N–H and O–H groups in total. The Hall–Kier alpha value is -1.63. The van der Waals surface area contributed by atoms with Crippen LogP contribution in [0.4, 0.5) is 5.69 Å². The second-order valence-corrected chi connectivity index (χ2v) is 5.79. The van der Waals surface area contributed by atoms with Crippen LogP contribution in [0.2, 0.25) is 0 Å². The largest absolute Gasteiger partial charge is 0.369 e. The summed E-state index contributed by atoms with van der Waals surface area (Å²) in [5, 5.41) is 4.10. The number of anilines is 1. The maximum Gasteiger partial charge on any atom is 0.282 e. The van der Waals surface area contributed by atoms with Gasteiger partial charge in [-0.2, -0.15) is 5.10 Å². The third-order valence-electron chi connectivity index (χ3n) is 3.81. The molecule has 2 aromatic heterocycles. The van der Waals surface area contributed by atoms with Crippen LogP contribution in [0.15, 0.2) is 34.2 Å². The molecule has 0 saturated carbocycles. The van der Waals surface area contributed by atoms with Gasteiger partial charge in [-0.1, -0.05) is 0 Å². The summed E-state index contributed by atoms with van der Waals surface area (Å²) in [5.74, 6) is 0. The molecule has 1 fully saturated rings. The van der Waals surface area contributed by atoms with Crippen molar-refractivity contribution in [1.82, 2.24) is 19.3 Å². The van der Waals surface area contributed by atoms with Crippen molar-refractivity contribution in [3.63, 3.8) is 0 Å². The molecule has 1 saturated heterocycles. The molecule has 0 amide bonds. The molecule has 6 nitrogen and oxygen atoms in total. The minimum Gasteiger partial charge on any atom is -0.369 e. The number of hydrogen-bond acceptors (Lipinski definition) is 4. The molecule has 1 aliphatic rings. The van der Waals surface area contributed by atoms with Crippen LogP contribution < -0.4 is 10.5 Å². The lowest BCUT2D eigenvalue weighted by Crippen LogP contribution is -2.36. The topological polar surface area (TPSA) is 56.0 Å². The monoisotopic (exact) mass is 337 g/mol. The average molecular weight is 338 g/mol. The number of rotatable bonds is 2. The molecule has 0 unspecified atom stereocenters. The average Bonchev–Trinajstić information content (AvgIpc) is 3.00. The van der Waals surface area contributed by atoms with Gasteiger partial charge in [0.15, 0.2) is 0 Å². The molecular weight excluding hydrogens is 322 g/mol. The predicted octanol–water partition coefficient (Wildman–Crippen LogP) is 1.58. The fraction of sp³-hybridized carbons (Fsp3) is 0.462. The Balaban J connectivity index is 1.76. The van der Waals surface area contributed by atoms with Gasteiger partial charge in [-0.25, -0.2) is 9.67 Å². The predicted molar refractivity (Wildman–Crippen MR) is 79.9 cm³/mol. The molecule has 0 aromatic carbocycles. The Labute approximate surface area is 125 Å². The molecule has 3 rings (SSSR count). The summed E-state index contributed by atoms with van der Waals surface area (Å²) >= 11 is 3.39. The van der Waals surface area contributed by atoms with Gasteiger partial charge in [0.1, 0.15) is 4.47 Å². The highest BCUT2D eigenvalue weighted by Gasteiger charge is 2.22. The van der Waals surface area contributed by atoms with Crippen molar-refractivity contribution in [3.05, 3.63) is 39.7 Å². The first-order valence-corrected chi connectivity index (χ1v) is 7.40. The summed E-state index contributed by atoms with van der Waals surface area (Å²) in [6, 6.07) is 0.493. The second-order valence-electron chi connectivity index (χ2n) is 5.00. The second kappa shape index (κ2) is 5.40. The molecule has 0 bridgehead atoms. The molecule has 20 heavy (non-hydrogen) atoms. The van der Waals surface area contributed by atoms with Gasteiger partial charge in [-0.05, 0) is 28.8 Å². The van der Waals surface area contributed by atoms with Gasteiger partial charge < -0.3 is 9.47 Å². The van der Waals surface area contributed by atoms with Crippen LogP contribution in [0.3, 0.4) is 0 Å². The van der Waals surface area contributed by atoms with Crippen molar-refractivity contribution in [2.24, 2.45) is 7.05 Å². The van der Waals surface area contributed by atoms with Crippen LogP contribution in [0.25, 0.3) is 0 Å². The SMILES string of the molecule is Cn1ncc(N2CCC(n3ccnc3)CC2)c(Br)c1=O. The van der Waals surface area contributed by atoms with E-state index in [4.69, 9.17) is 0 Å². The van der Waals surface area contributed by atoms with Crippen LogP contribution in [-0.4, -0.2) is 32.4 Å². The van der Waals surface area contributed by atoms with Crippen molar-refractivity contribution >= 4 is 21.6 Å². The number of halogens is 1. The minimum atomic E-state index is -0.0979. The van der Waals surface area contributed by atoms with Crippen LogP contribution >= 0.6 is 15.9 Å². The highest BCUT2D eigenvalue weighted by Crippen LogP contribution is 2.28. The zero-order valence-electron chi connectivity index (χ0n) is 11.2. The number of imidazole rings is 1. The van der Waals surface area contributed by atoms with E-state index in [2.05, 4.69) is 35.5 Å². The molecule has 0 radical (unpaired) electrons. The van der Waals surface area contributed by atoms with E-state index in [-0.39, 0.29) is 5.56 Å². The summed E-state index contributed by atoms with van der Waals surface area (Å²) in [5.41, 5.74) is 0.788. The Morgan fingerprint density at radius 1 is 1.35 bits per heavy atom. The third kappa shape index (κ3) is 2.37. The van der Waals surface area contributed by atoms with Crippen molar-refractivity contribution in [2.45, 2.75) is 18.9 Å². The van der Waals surface area contributed by atoms with Crippen molar-refractivity contribution in [1.29, 1.82) is 0 Å². The summed E-state index contributed by atoms with van der Waals surface area (Å²) in [6.45, 7) is 1.83. The number of aromatic nitrogens is 4. The highest BCUT2D eigenvalue weighted by molar-refractivity contribution is 9.10. The Morgan fingerprint density at radius 3 is 2.75 bits per heavy atom. The van der Waals surface area contributed by atoms with Crippen LogP contribution in [0.1, 0.15) is 18.9 Å². The maximum absolute atomic E-state index is 11.9. The van der Waals surface area contributed by atoms with E-state index in [1.54, 1.807) is 13.2 Å². The third-order valence-corrected chi connectivity index (χ3v) is 4.56. The smallest absolute Gasteiger partial charge is 0.282 e. The van der Waals surface area contributed by atoms with Crippen LogP contribution in [0, 0.1) is 0 Å². The summed E-state index contributed by atoms with van der Waals surface area (Å²) in [7, 11) is 1.65. The van der Waals surface area contributed by atoms with E-state index < -0.39 is 0 Å².